The van der Waals surface area contributed by atoms with Crippen LogP contribution in [-0.2, 0) is 0 Å². The lowest BCUT2D eigenvalue weighted by Gasteiger charge is -2.31. The quantitative estimate of drug-likeness (QED) is 0.817. The van der Waals surface area contributed by atoms with Gasteiger partial charge in [-0.2, -0.15) is 0 Å². The summed E-state index contributed by atoms with van der Waals surface area (Å²) in [7, 11) is 1.60. The van der Waals surface area contributed by atoms with Crippen LogP contribution in [0, 0.1) is 5.92 Å². The molecule has 0 saturated carbocycles. The molecule has 5 nitrogen and oxygen atoms in total. The molecule has 1 aliphatic heterocycles. The molecule has 16 heavy (non-hydrogen) atoms. The van der Waals surface area contributed by atoms with E-state index in [0.29, 0.717) is 18.4 Å². The monoisotopic (exact) mass is 223 g/mol. The molecular weight excluding hydrogens is 206 g/mol. The van der Waals surface area contributed by atoms with E-state index < -0.39 is 0 Å². The Morgan fingerprint density at radius 3 is 2.81 bits per heavy atom. The van der Waals surface area contributed by atoms with Gasteiger partial charge in [-0.05, 0) is 18.8 Å². The first-order valence-electron chi connectivity index (χ1n) is 5.55. The van der Waals surface area contributed by atoms with Gasteiger partial charge in [0, 0.05) is 25.8 Å². The second-order valence-corrected chi connectivity index (χ2v) is 4.03. The number of ether oxygens (including phenoxy) is 1. The molecule has 0 radical (unpaired) electrons. The lowest BCUT2D eigenvalue weighted by molar-refractivity contribution is 0.202. The maximum atomic E-state index is 9.07. The SMILES string of the molecule is COc1cc(N2CCC(CO)CC2)ncn1. The summed E-state index contributed by atoms with van der Waals surface area (Å²) in [4.78, 5) is 10.4. The van der Waals surface area contributed by atoms with Crippen molar-refractivity contribution >= 4 is 5.82 Å². The summed E-state index contributed by atoms with van der Waals surface area (Å²) in [6.45, 7) is 2.16. The Labute approximate surface area is 95.1 Å². The Morgan fingerprint density at radius 2 is 2.19 bits per heavy atom. The van der Waals surface area contributed by atoms with E-state index in [1.807, 2.05) is 6.07 Å². The molecule has 5 heteroatoms. The van der Waals surface area contributed by atoms with E-state index in [1.54, 1.807) is 7.11 Å². The first kappa shape index (κ1) is 11.1. The van der Waals surface area contributed by atoms with Crippen LogP contribution in [0.3, 0.4) is 0 Å². The maximum absolute atomic E-state index is 9.07. The first-order chi connectivity index (χ1) is 7.83. The van der Waals surface area contributed by atoms with Crippen molar-refractivity contribution < 1.29 is 9.84 Å². The smallest absolute Gasteiger partial charge is 0.218 e. The van der Waals surface area contributed by atoms with Crippen molar-refractivity contribution in [2.24, 2.45) is 5.92 Å². The fraction of sp³-hybridized carbons (Fsp3) is 0.636. The second kappa shape index (κ2) is 5.12. The normalized spacial score (nSPS) is 17.5. The van der Waals surface area contributed by atoms with Gasteiger partial charge >= 0.3 is 0 Å². The van der Waals surface area contributed by atoms with Gasteiger partial charge in [0.1, 0.15) is 12.1 Å². The van der Waals surface area contributed by atoms with E-state index in [2.05, 4.69) is 14.9 Å². The van der Waals surface area contributed by atoms with E-state index in [9.17, 15) is 0 Å². The highest BCUT2D eigenvalue weighted by Crippen LogP contribution is 2.22. The lowest BCUT2D eigenvalue weighted by Crippen LogP contribution is -2.35. The van der Waals surface area contributed by atoms with E-state index in [4.69, 9.17) is 9.84 Å². The number of methoxy groups -OCH3 is 1. The fourth-order valence-electron chi connectivity index (χ4n) is 1.96. The topological polar surface area (TPSA) is 58.5 Å². The van der Waals surface area contributed by atoms with Crippen LogP contribution in [0.4, 0.5) is 5.82 Å². The number of hydrogen-bond donors (Lipinski definition) is 1. The molecule has 0 aliphatic carbocycles. The minimum atomic E-state index is 0.293. The zero-order valence-corrected chi connectivity index (χ0v) is 9.46. The highest BCUT2D eigenvalue weighted by Gasteiger charge is 2.19. The number of nitrogens with zero attached hydrogens (tertiary/aromatic N) is 3. The predicted octanol–water partition coefficient (Wildman–Crippen LogP) is 0.694. The van der Waals surface area contributed by atoms with Crippen molar-refractivity contribution in [1.29, 1.82) is 0 Å². The maximum Gasteiger partial charge on any atom is 0.218 e. The Kier molecular flexibility index (Phi) is 3.56. The summed E-state index contributed by atoms with van der Waals surface area (Å²) < 4.78 is 5.07. The summed E-state index contributed by atoms with van der Waals surface area (Å²) in [5.74, 6) is 1.94. The predicted molar refractivity (Wildman–Crippen MR) is 60.6 cm³/mol. The van der Waals surface area contributed by atoms with Crippen molar-refractivity contribution in [3.8, 4) is 5.88 Å². The third-order valence-electron chi connectivity index (χ3n) is 3.03. The van der Waals surface area contributed by atoms with Crippen LogP contribution >= 0.6 is 0 Å². The average molecular weight is 223 g/mol. The first-order valence-corrected chi connectivity index (χ1v) is 5.55. The van der Waals surface area contributed by atoms with Gasteiger partial charge < -0.3 is 14.7 Å². The molecule has 0 atom stereocenters. The van der Waals surface area contributed by atoms with Crippen molar-refractivity contribution in [3.05, 3.63) is 12.4 Å². The highest BCUT2D eigenvalue weighted by atomic mass is 16.5. The molecule has 1 aromatic heterocycles. The van der Waals surface area contributed by atoms with E-state index >= 15 is 0 Å². The van der Waals surface area contributed by atoms with E-state index in [0.717, 1.165) is 31.7 Å². The summed E-state index contributed by atoms with van der Waals surface area (Å²) in [5.41, 5.74) is 0. The minimum absolute atomic E-state index is 0.293. The number of anilines is 1. The van der Waals surface area contributed by atoms with Crippen molar-refractivity contribution in [1.82, 2.24) is 9.97 Å². The van der Waals surface area contributed by atoms with Crippen LogP contribution in [0.2, 0.25) is 0 Å². The van der Waals surface area contributed by atoms with Gasteiger partial charge in [0.05, 0.1) is 7.11 Å². The molecule has 1 aliphatic rings. The molecule has 2 heterocycles. The van der Waals surface area contributed by atoms with Gasteiger partial charge in [-0.3, -0.25) is 0 Å². The van der Waals surface area contributed by atoms with Crippen LogP contribution in [0.15, 0.2) is 12.4 Å². The lowest BCUT2D eigenvalue weighted by atomic mass is 9.98. The molecule has 1 fully saturated rings. The molecule has 0 unspecified atom stereocenters. The van der Waals surface area contributed by atoms with E-state index in [-0.39, 0.29) is 0 Å². The molecule has 0 spiro atoms. The van der Waals surface area contributed by atoms with Crippen LogP contribution in [-0.4, -0.2) is 41.9 Å². The fourth-order valence-corrected chi connectivity index (χ4v) is 1.96. The molecule has 1 aromatic rings. The van der Waals surface area contributed by atoms with Crippen LogP contribution in [0.1, 0.15) is 12.8 Å². The summed E-state index contributed by atoms with van der Waals surface area (Å²) in [5, 5.41) is 9.07. The van der Waals surface area contributed by atoms with Crippen LogP contribution in [0.25, 0.3) is 0 Å². The molecule has 2 rings (SSSR count). The molecule has 0 aromatic carbocycles. The van der Waals surface area contributed by atoms with Gasteiger partial charge in [0.25, 0.3) is 0 Å². The van der Waals surface area contributed by atoms with Gasteiger partial charge in [0.2, 0.25) is 5.88 Å². The molecular formula is C11H17N3O2. The van der Waals surface area contributed by atoms with Crippen LogP contribution in [0.5, 0.6) is 5.88 Å². The third-order valence-corrected chi connectivity index (χ3v) is 3.03. The number of aromatic nitrogens is 2. The Morgan fingerprint density at radius 1 is 1.44 bits per heavy atom. The van der Waals surface area contributed by atoms with Crippen LogP contribution < -0.4 is 9.64 Å². The third kappa shape index (κ3) is 2.41. The summed E-state index contributed by atoms with van der Waals surface area (Å²) in [6, 6.07) is 1.85. The number of aliphatic hydroxyl groups excluding tert-OH is 1. The molecule has 1 N–H and O–H groups in total. The molecule has 0 bridgehead atoms. The Bertz CT molecular complexity index is 338. The summed E-state index contributed by atoms with van der Waals surface area (Å²) in [6.07, 6.45) is 3.55. The zero-order chi connectivity index (χ0) is 11.4. The van der Waals surface area contributed by atoms with Crippen molar-refractivity contribution in [2.75, 3.05) is 31.7 Å². The standard InChI is InChI=1S/C11H17N3O2/c1-16-11-6-10(12-8-13-11)14-4-2-9(7-15)3-5-14/h6,8-9,15H,2-5,7H2,1H3. The Balaban J connectivity index is 2.02. The Hall–Kier alpha value is -1.36. The second-order valence-electron chi connectivity index (χ2n) is 4.03. The zero-order valence-electron chi connectivity index (χ0n) is 9.46. The minimum Gasteiger partial charge on any atom is -0.481 e. The average Bonchev–Trinajstić information content (AvgIpc) is 2.39. The number of aliphatic hydroxyl groups is 1. The van der Waals surface area contributed by atoms with Gasteiger partial charge in [-0.1, -0.05) is 0 Å². The summed E-state index contributed by atoms with van der Waals surface area (Å²) >= 11 is 0. The number of hydrogen-bond acceptors (Lipinski definition) is 5. The largest absolute Gasteiger partial charge is 0.481 e. The van der Waals surface area contributed by atoms with Crippen molar-refractivity contribution in [3.63, 3.8) is 0 Å². The van der Waals surface area contributed by atoms with Gasteiger partial charge in [0.15, 0.2) is 0 Å². The highest BCUT2D eigenvalue weighted by molar-refractivity contribution is 5.41. The number of rotatable bonds is 3. The van der Waals surface area contributed by atoms with Gasteiger partial charge in [-0.15, -0.1) is 0 Å². The number of piperidine rings is 1. The molecule has 0 amide bonds. The van der Waals surface area contributed by atoms with E-state index in [1.165, 1.54) is 6.33 Å². The molecule has 88 valence electrons. The van der Waals surface area contributed by atoms with Gasteiger partial charge in [-0.25, -0.2) is 9.97 Å². The van der Waals surface area contributed by atoms with Crippen molar-refractivity contribution in [2.45, 2.75) is 12.8 Å². The molecule has 1 saturated heterocycles.